The summed E-state index contributed by atoms with van der Waals surface area (Å²) < 4.78 is 46.8. The van der Waals surface area contributed by atoms with Gasteiger partial charge in [-0.3, -0.25) is 9.52 Å². The monoisotopic (exact) mass is 510 g/mol. The van der Waals surface area contributed by atoms with E-state index in [4.69, 9.17) is 4.74 Å². The lowest BCUT2D eigenvalue weighted by atomic mass is 9.83. The Balaban J connectivity index is 1.67. The lowest BCUT2D eigenvalue weighted by Gasteiger charge is -2.24. The predicted octanol–water partition coefficient (Wildman–Crippen LogP) is 5.81. The lowest BCUT2D eigenvalue weighted by molar-refractivity contribution is 0.397. The molecule has 0 bridgehead atoms. The molecule has 0 unspecified atom stereocenters. The van der Waals surface area contributed by atoms with Gasteiger partial charge in [0.25, 0.3) is 5.56 Å². The molecule has 6 nitrogen and oxygen atoms in total. The molecule has 1 aliphatic rings. The number of ether oxygens (including phenoxy) is 1. The van der Waals surface area contributed by atoms with Crippen LogP contribution in [0.5, 0.6) is 5.75 Å². The fourth-order valence-corrected chi connectivity index (χ4v) is 5.58. The average molecular weight is 511 g/mol. The Morgan fingerprint density at radius 3 is 2.42 bits per heavy atom. The van der Waals surface area contributed by atoms with Crippen LogP contribution in [0.2, 0.25) is 0 Å². The van der Waals surface area contributed by atoms with E-state index in [-0.39, 0.29) is 28.2 Å². The van der Waals surface area contributed by atoms with Crippen LogP contribution in [0.1, 0.15) is 50.3 Å². The second kappa shape index (κ2) is 9.93. The molecule has 0 atom stereocenters. The van der Waals surface area contributed by atoms with E-state index >= 15 is 0 Å². The van der Waals surface area contributed by atoms with Crippen LogP contribution in [0, 0.1) is 11.7 Å². The second-order valence-corrected chi connectivity index (χ2v) is 12.0. The normalized spacial score (nSPS) is 14.2. The van der Waals surface area contributed by atoms with Crippen LogP contribution < -0.4 is 15.0 Å². The highest BCUT2D eigenvalue weighted by molar-refractivity contribution is 7.92. The molecule has 1 saturated carbocycles. The summed E-state index contributed by atoms with van der Waals surface area (Å²) in [5.74, 6) is 0.577. The number of anilines is 1. The zero-order valence-electron chi connectivity index (χ0n) is 20.9. The third kappa shape index (κ3) is 6.23. The summed E-state index contributed by atoms with van der Waals surface area (Å²) in [4.78, 5) is 14.9. The Labute approximate surface area is 211 Å². The molecule has 0 radical (unpaired) electrons. The molecule has 2 aromatic carbocycles. The molecule has 0 spiro atoms. The van der Waals surface area contributed by atoms with Gasteiger partial charge in [-0.05, 0) is 65.6 Å². The fraction of sp³-hybridized carbons (Fsp3) is 0.321. The van der Waals surface area contributed by atoms with Crippen LogP contribution in [0.15, 0.2) is 53.5 Å². The summed E-state index contributed by atoms with van der Waals surface area (Å²) in [7, 11) is -1.75. The maximum absolute atomic E-state index is 13.9. The van der Waals surface area contributed by atoms with Crippen molar-refractivity contribution in [3.8, 4) is 16.9 Å². The molecular weight excluding hydrogens is 479 g/mol. The van der Waals surface area contributed by atoms with Crippen LogP contribution in [0.25, 0.3) is 23.3 Å². The van der Waals surface area contributed by atoms with Gasteiger partial charge in [0.05, 0.1) is 12.9 Å². The van der Waals surface area contributed by atoms with Crippen molar-refractivity contribution in [1.29, 1.82) is 0 Å². The van der Waals surface area contributed by atoms with Crippen molar-refractivity contribution in [3.63, 3.8) is 0 Å². The van der Waals surface area contributed by atoms with Gasteiger partial charge in [0, 0.05) is 28.6 Å². The highest BCUT2D eigenvalue weighted by Crippen LogP contribution is 2.38. The number of sulfonamides is 1. The van der Waals surface area contributed by atoms with Crippen LogP contribution >= 0.6 is 0 Å². The van der Waals surface area contributed by atoms with Crippen LogP contribution in [-0.4, -0.2) is 26.3 Å². The first-order chi connectivity index (χ1) is 16.9. The minimum Gasteiger partial charge on any atom is -0.496 e. The fourth-order valence-electron chi connectivity index (χ4n) is 4.05. The summed E-state index contributed by atoms with van der Waals surface area (Å²) in [6.07, 6.45) is 6.74. The van der Waals surface area contributed by atoms with E-state index in [9.17, 15) is 17.6 Å². The molecule has 0 saturated heterocycles. The van der Waals surface area contributed by atoms with E-state index in [2.05, 4.69) is 9.71 Å². The molecule has 2 N–H and O–H groups in total. The summed E-state index contributed by atoms with van der Waals surface area (Å²) in [6.45, 7) is 6.13. The van der Waals surface area contributed by atoms with Gasteiger partial charge in [0.1, 0.15) is 11.6 Å². The summed E-state index contributed by atoms with van der Waals surface area (Å²) in [5.41, 5.74) is 3.13. The number of halogens is 1. The van der Waals surface area contributed by atoms with Gasteiger partial charge in [-0.25, -0.2) is 12.8 Å². The number of rotatable bonds is 8. The molecule has 190 valence electrons. The van der Waals surface area contributed by atoms with Gasteiger partial charge < -0.3 is 9.72 Å². The number of hydrogen-bond donors (Lipinski definition) is 2. The third-order valence-corrected chi connectivity index (χ3v) is 7.56. The van der Waals surface area contributed by atoms with Gasteiger partial charge in [-0.2, -0.15) is 0 Å². The minimum atomic E-state index is -3.34. The number of hydrogen-bond acceptors (Lipinski definition) is 4. The first kappa shape index (κ1) is 25.7. The highest BCUT2D eigenvalue weighted by Gasteiger charge is 2.28. The van der Waals surface area contributed by atoms with Crippen molar-refractivity contribution in [2.75, 3.05) is 17.6 Å². The lowest BCUT2D eigenvalue weighted by Crippen LogP contribution is -2.17. The number of aromatic amines is 1. The summed E-state index contributed by atoms with van der Waals surface area (Å²) in [5, 5.41) is 0. The zero-order valence-corrected chi connectivity index (χ0v) is 21.7. The molecule has 1 heterocycles. The summed E-state index contributed by atoms with van der Waals surface area (Å²) in [6, 6.07) is 12.0. The molecule has 4 rings (SSSR count). The van der Waals surface area contributed by atoms with Crippen molar-refractivity contribution < 1.29 is 17.5 Å². The molecule has 36 heavy (non-hydrogen) atoms. The standard InChI is InChI=1S/C28H31FN2O4S/c1-28(2,3)25-14-21(24-15-22(29)16-30-27(24)32)13-20(26(25)35-4)10-7-18-8-11-23(12-9-18)31-36(33,34)17-19-5-6-19/h7-16,19,31H,5-6,17H2,1-4H3,(H,30,32). The number of H-pyrrole nitrogens is 1. The van der Waals surface area contributed by atoms with Crippen molar-refractivity contribution in [3.05, 3.63) is 81.5 Å². The molecule has 1 aliphatic carbocycles. The molecular formula is C28H31FN2O4S. The third-order valence-electron chi connectivity index (χ3n) is 6.10. The van der Waals surface area contributed by atoms with Gasteiger partial charge in [-0.15, -0.1) is 0 Å². The Hall–Kier alpha value is -3.39. The number of methoxy groups -OCH3 is 1. The van der Waals surface area contributed by atoms with E-state index < -0.39 is 15.8 Å². The van der Waals surface area contributed by atoms with E-state index in [0.717, 1.165) is 35.7 Å². The Kier molecular flexibility index (Phi) is 7.09. The smallest absolute Gasteiger partial charge is 0.256 e. The molecule has 8 heteroatoms. The summed E-state index contributed by atoms with van der Waals surface area (Å²) >= 11 is 0. The van der Waals surface area contributed by atoms with Crippen molar-refractivity contribution in [2.24, 2.45) is 5.92 Å². The first-order valence-corrected chi connectivity index (χ1v) is 13.5. The maximum atomic E-state index is 13.9. The van der Waals surface area contributed by atoms with Gasteiger partial charge in [0.15, 0.2) is 0 Å². The number of pyridine rings is 1. The molecule has 1 fully saturated rings. The van der Waals surface area contributed by atoms with E-state index in [0.29, 0.717) is 17.0 Å². The molecule has 0 aliphatic heterocycles. The minimum absolute atomic E-state index is 0.162. The first-order valence-electron chi connectivity index (χ1n) is 11.8. The molecule has 0 amide bonds. The van der Waals surface area contributed by atoms with E-state index in [1.54, 1.807) is 25.3 Å². The Morgan fingerprint density at radius 2 is 1.81 bits per heavy atom. The van der Waals surface area contributed by atoms with Crippen molar-refractivity contribution in [2.45, 2.75) is 39.0 Å². The predicted molar refractivity (Wildman–Crippen MR) is 143 cm³/mol. The van der Waals surface area contributed by atoms with Crippen LogP contribution in [0.3, 0.4) is 0 Å². The number of nitrogens with one attached hydrogen (secondary N) is 2. The van der Waals surface area contributed by atoms with Crippen LogP contribution in [-0.2, 0) is 15.4 Å². The quantitative estimate of drug-likeness (QED) is 0.375. The Bertz CT molecular complexity index is 1450. The van der Waals surface area contributed by atoms with E-state index in [1.165, 1.54) is 6.07 Å². The highest BCUT2D eigenvalue weighted by atomic mass is 32.2. The zero-order chi connectivity index (χ0) is 26.1. The average Bonchev–Trinajstić information content (AvgIpc) is 3.62. The van der Waals surface area contributed by atoms with Gasteiger partial charge >= 0.3 is 0 Å². The molecule has 3 aromatic rings. The van der Waals surface area contributed by atoms with Crippen molar-refractivity contribution in [1.82, 2.24) is 4.98 Å². The topological polar surface area (TPSA) is 88.3 Å². The second-order valence-electron chi connectivity index (χ2n) is 10.2. The maximum Gasteiger partial charge on any atom is 0.256 e. The number of benzene rings is 2. The van der Waals surface area contributed by atoms with E-state index in [1.807, 2.05) is 51.1 Å². The van der Waals surface area contributed by atoms with Crippen LogP contribution in [0.4, 0.5) is 10.1 Å². The number of aromatic nitrogens is 1. The SMILES string of the molecule is COc1c(C=Cc2ccc(NS(=O)(=O)CC3CC3)cc2)cc(-c2cc(F)c[nH]c2=O)cc1C(C)(C)C. The van der Waals surface area contributed by atoms with Gasteiger partial charge in [-0.1, -0.05) is 45.1 Å². The molecule has 1 aromatic heterocycles. The largest absolute Gasteiger partial charge is 0.496 e. The van der Waals surface area contributed by atoms with Crippen molar-refractivity contribution >= 4 is 27.9 Å². The van der Waals surface area contributed by atoms with Gasteiger partial charge in [0.2, 0.25) is 10.0 Å². The Morgan fingerprint density at radius 1 is 1.11 bits per heavy atom.